The third-order valence-electron chi connectivity index (χ3n) is 7.72. The van der Waals surface area contributed by atoms with Crippen molar-refractivity contribution in [3.8, 4) is 5.75 Å². The zero-order chi connectivity index (χ0) is 34.0. The number of anilines is 2. The number of hydrogen-bond acceptors (Lipinski definition) is 9. The van der Waals surface area contributed by atoms with Crippen LogP contribution >= 0.6 is 0 Å². The summed E-state index contributed by atoms with van der Waals surface area (Å²) in [7, 11) is -2.18. The van der Waals surface area contributed by atoms with Crippen LogP contribution in [0.2, 0.25) is 0 Å². The predicted octanol–water partition coefficient (Wildman–Crippen LogP) is 6.03. The fourth-order valence-corrected chi connectivity index (χ4v) is 6.00. The van der Waals surface area contributed by atoms with E-state index in [0.717, 1.165) is 41.3 Å². The van der Waals surface area contributed by atoms with Crippen LogP contribution in [0.3, 0.4) is 0 Å². The number of amides is 1. The van der Waals surface area contributed by atoms with Gasteiger partial charge in [0.25, 0.3) is 5.91 Å². The van der Waals surface area contributed by atoms with Gasteiger partial charge in [-0.15, -0.1) is 5.06 Å². The summed E-state index contributed by atoms with van der Waals surface area (Å²) in [4.78, 5) is 36.9. The van der Waals surface area contributed by atoms with Crippen molar-refractivity contribution in [2.24, 2.45) is 0 Å². The Bertz CT molecular complexity index is 1690. The lowest BCUT2D eigenvalue weighted by Gasteiger charge is -2.28. The molecule has 1 amide bonds. The molecule has 0 spiro atoms. The third-order valence-corrected chi connectivity index (χ3v) is 8.31. The largest absolute Gasteiger partial charge is 0.528 e. The Balaban J connectivity index is 1.56. The van der Waals surface area contributed by atoms with Crippen LogP contribution in [0.25, 0.3) is 10.9 Å². The molecule has 46 heavy (non-hydrogen) atoms. The van der Waals surface area contributed by atoms with Gasteiger partial charge in [-0.05, 0) is 68.9 Å². The maximum atomic E-state index is 13.6. The molecule has 3 N–H and O–H groups in total. The molecule has 1 saturated heterocycles. The number of nitrogens with zero attached hydrogens (tertiary/aromatic N) is 2. The van der Waals surface area contributed by atoms with Crippen LogP contribution < -0.4 is 14.8 Å². The molecule has 13 heteroatoms. The maximum Gasteiger partial charge on any atom is 0.528 e. The van der Waals surface area contributed by atoms with Crippen molar-refractivity contribution in [1.82, 2.24) is 14.9 Å². The Morgan fingerprint density at radius 2 is 1.67 bits per heavy atom. The molecule has 0 aliphatic carbocycles. The van der Waals surface area contributed by atoms with Gasteiger partial charge in [-0.25, -0.2) is 13.2 Å². The number of methoxy groups -OCH3 is 1. The Kier molecular flexibility index (Phi) is 10.3. The smallest absolute Gasteiger partial charge is 0.492 e. The van der Waals surface area contributed by atoms with Crippen molar-refractivity contribution in [2.45, 2.75) is 71.9 Å². The molecule has 1 aliphatic rings. The van der Waals surface area contributed by atoms with E-state index in [-0.39, 0.29) is 22.9 Å². The molecule has 12 nitrogen and oxygen atoms in total. The normalized spacial score (nSPS) is 16.0. The van der Waals surface area contributed by atoms with Crippen LogP contribution in [0.1, 0.15) is 82.5 Å². The standard InChI is InChI=1S/C33H47N5O7S/c1-21(37-14-11-15-38(17-16-37)45-31(40)44-33(5,6)7)24-13-10-12-22-18-27(34-28(22)24)30(39)35-25-19-23(32(2,3)4)20-26(29(25)43-8)36-46(9,41)42/h10,12-13,18-21,34,36H,11,14-17H2,1-9H3,(H,35,39). The van der Waals surface area contributed by atoms with Gasteiger partial charge in [0.05, 0.1) is 30.3 Å². The molecule has 0 bridgehead atoms. The first-order chi connectivity index (χ1) is 21.3. The van der Waals surface area contributed by atoms with E-state index in [9.17, 15) is 18.0 Å². The van der Waals surface area contributed by atoms with Crippen molar-refractivity contribution in [1.29, 1.82) is 0 Å². The zero-order valence-electron chi connectivity index (χ0n) is 28.2. The molecule has 0 saturated carbocycles. The number of nitrogens with one attached hydrogen (secondary N) is 3. The minimum absolute atomic E-state index is 0.00734. The van der Waals surface area contributed by atoms with Crippen LogP contribution in [-0.4, -0.2) is 80.6 Å². The quantitative estimate of drug-likeness (QED) is 0.248. The van der Waals surface area contributed by atoms with E-state index < -0.39 is 27.7 Å². The molecule has 1 atom stereocenters. The van der Waals surface area contributed by atoms with Crippen LogP contribution in [0, 0.1) is 0 Å². The van der Waals surface area contributed by atoms with Gasteiger partial charge in [0.2, 0.25) is 10.0 Å². The van der Waals surface area contributed by atoms with Crippen molar-refractivity contribution in [3.63, 3.8) is 0 Å². The number of rotatable bonds is 8. The van der Waals surface area contributed by atoms with Crippen LogP contribution in [0.4, 0.5) is 16.2 Å². The second kappa shape index (κ2) is 13.5. The summed E-state index contributed by atoms with van der Waals surface area (Å²) in [6.07, 6.45) is 1.16. The van der Waals surface area contributed by atoms with E-state index in [0.29, 0.717) is 31.0 Å². The molecule has 1 fully saturated rings. The molecule has 4 rings (SSSR count). The lowest BCUT2D eigenvalue weighted by Crippen LogP contribution is -2.35. The molecule has 1 unspecified atom stereocenters. The second-order valence-corrected chi connectivity index (χ2v) is 15.5. The number of aromatic nitrogens is 1. The first-order valence-electron chi connectivity index (χ1n) is 15.4. The summed E-state index contributed by atoms with van der Waals surface area (Å²) in [5, 5.41) is 5.47. The average Bonchev–Trinajstić information content (AvgIpc) is 3.24. The molecule has 2 aromatic carbocycles. The van der Waals surface area contributed by atoms with Crippen molar-refractivity contribution in [3.05, 3.63) is 53.2 Å². The van der Waals surface area contributed by atoms with E-state index in [2.05, 4.69) is 26.8 Å². The average molecular weight is 658 g/mol. The fraction of sp³-hybridized carbons (Fsp3) is 0.515. The van der Waals surface area contributed by atoms with Crippen molar-refractivity contribution in [2.75, 3.05) is 49.6 Å². The summed E-state index contributed by atoms with van der Waals surface area (Å²) in [5.41, 5.74) is 2.67. The molecule has 3 aromatic rings. The van der Waals surface area contributed by atoms with Gasteiger partial charge in [-0.3, -0.25) is 14.4 Å². The Morgan fingerprint density at radius 3 is 2.30 bits per heavy atom. The zero-order valence-corrected chi connectivity index (χ0v) is 29.1. The highest BCUT2D eigenvalue weighted by Gasteiger charge is 2.27. The number of carbonyl (C=O) groups excluding carboxylic acids is 2. The topological polar surface area (TPSA) is 142 Å². The molecular weight excluding hydrogens is 610 g/mol. The van der Waals surface area contributed by atoms with Gasteiger partial charge in [-0.2, -0.15) is 0 Å². The molecule has 1 aliphatic heterocycles. The number of para-hydroxylation sites is 1. The monoisotopic (exact) mass is 657 g/mol. The number of hydroxylamine groups is 2. The summed E-state index contributed by atoms with van der Waals surface area (Å²) < 4.78 is 37.6. The second-order valence-electron chi connectivity index (χ2n) is 13.7. The van der Waals surface area contributed by atoms with Gasteiger partial charge in [0, 0.05) is 37.6 Å². The number of ether oxygens (including phenoxy) is 2. The summed E-state index contributed by atoms with van der Waals surface area (Å²) in [6, 6.07) is 11.3. The van der Waals surface area contributed by atoms with E-state index in [1.165, 1.54) is 7.11 Å². The van der Waals surface area contributed by atoms with Gasteiger partial charge in [-0.1, -0.05) is 39.0 Å². The maximum absolute atomic E-state index is 13.6. The number of carbonyl (C=O) groups is 2. The van der Waals surface area contributed by atoms with Gasteiger partial charge < -0.3 is 24.6 Å². The SMILES string of the molecule is COc1c(NC(=O)c2cc3cccc(C(C)N4CCCN(OC(=O)OC(C)(C)C)CC4)c3[nH]2)cc(C(C)(C)C)cc1NS(C)(=O)=O. The van der Waals surface area contributed by atoms with Crippen LogP contribution in [0.15, 0.2) is 36.4 Å². The fourth-order valence-electron chi connectivity index (χ4n) is 5.45. The van der Waals surface area contributed by atoms with Crippen LogP contribution in [0.5, 0.6) is 5.75 Å². The lowest BCUT2D eigenvalue weighted by atomic mass is 9.86. The molecular formula is C33H47N5O7S. The molecule has 2 heterocycles. The number of benzene rings is 2. The van der Waals surface area contributed by atoms with Crippen LogP contribution in [-0.2, 0) is 25.0 Å². The Hall–Kier alpha value is -3.81. The van der Waals surface area contributed by atoms with Crippen molar-refractivity contribution < 1.29 is 32.3 Å². The minimum Gasteiger partial charge on any atom is -0.492 e. The highest BCUT2D eigenvalue weighted by molar-refractivity contribution is 7.92. The third kappa shape index (κ3) is 8.92. The summed E-state index contributed by atoms with van der Waals surface area (Å²) in [5.74, 6) is -0.183. The van der Waals surface area contributed by atoms with E-state index >= 15 is 0 Å². The number of H-pyrrole nitrogens is 1. The lowest BCUT2D eigenvalue weighted by molar-refractivity contribution is -0.140. The first kappa shape index (κ1) is 35.1. The summed E-state index contributed by atoms with van der Waals surface area (Å²) in [6.45, 7) is 16.1. The van der Waals surface area contributed by atoms with Gasteiger partial charge in [0.1, 0.15) is 11.3 Å². The molecule has 252 valence electrons. The van der Waals surface area contributed by atoms with E-state index in [4.69, 9.17) is 14.3 Å². The van der Waals surface area contributed by atoms with E-state index in [1.807, 2.05) is 39.0 Å². The number of aromatic amines is 1. The summed E-state index contributed by atoms with van der Waals surface area (Å²) >= 11 is 0. The molecule has 0 radical (unpaired) electrons. The minimum atomic E-state index is -3.61. The highest BCUT2D eigenvalue weighted by Crippen LogP contribution is 2.39. The first-order valence-corrected chi connectivity index (χ1v) is 17.3. The Morgan fingerprint density at radius 1 is 0.978 bits per heavy atom. The predicted molar refractivity (Wildman–Crippen MR) is 180 cm³/mol. The number of sulfonamides is 1. The Labute approximate surface area is 271 Å². The van der Waals surface area contributed by atoms with Gasteiger partial charge in [0.15, 0.2) is 5.75 Å². The van der Waals surface area contributed by atoms with Gasteiger partial charge >= 0.3 is 6.16 Å². The van der Waals surface area contributed by atoms with Crippen molar-refractivity contribution >= 4 is 44.4 Å². The number of hydrogen-bond donors (Lipinski definition) is 3. The number of fused-ring (bicyclic) bond motifs is 1. The van der Waals surface area contributed by atoms with E-state index in [1.54, 1.807) is 44.0 Å². The molecule has 1 aromatic heterocycles. The highest BCUT2D eigenvalue weighted by atomic mass is 32.2.